The fourth-order valence-corrected chi connectivity index (χ4v) is 1.57. The average Bonchev–Trinajstić information content (AvgIpc) is 2.59. The first-order valence-electron chi connectivity index (χ1n) is 4.88. The second-order valence-electron chi connectivity index (χ2n) is 3.48. The Balaban J connectivity index is 2.54. The van der Waals surface area contributed by atoms with E-state index in [4.69, 9.17) is 10.3 Å². The molecule has 0 atom stereocenters. The van der Waals surface area contributed by atoms with Crippen molar-refractivity contribution in [2.24, 2.45) is 0 Å². The summed E-state index contributed by atoms with van der Waals surface area (Å²) >= 11 is 0. The molecule has 2 aromatic rings. The summed E-state index contributed by atoms with van der Waals surface area (Å²) in [7, 11) is 0. The standard InChI is InChI=1S/C11H13N3O/c1-3-9-10(15-14-11(9)12)8-4-7(2)5-13-6-8/h4-6H,3H2,1-2H3,(H2,12,14). The predicted octanol–water partition coefficient (Wildman–Crippen LogP) is 2.19. The lowest BCUT2D eigenvalue weighted by molar-refractivity contribution is 0.435. The van der Waals surface area contributed by atoms with Crippen LogP contribution in [0.3, 0.4) is 0 Å². The van der Waals surface area contributed by atoms with Crippen LogP contribution in [0.1, 0.15) is 18.1 Å². The molecule has 0 aliphatic carbocycles. The van der Waals surface area contributed by atoms with Crippen molar-refractivity contribution in [1.82, 2.24) is 10.1 Å². The number of nitrogen functional groups attached to an aromatic ring is 1. The van der Waals surface area contributed by atoms with Gasteiger partial charge in [-0.1, -0.05) is 12.1 Å². The van der Waals surface area contributed by atoms with E-state index in [0.717, 1.165) is 28.9 Å². The van der Waals surface area contributed by atoms with Crippen LogP contribution < -0.4 is 5.73 Å². The van der Waals surface area contributed by atoms with E-state index in [1.54, 1.807) is 12.4 Å². The molecule has 2 heterocycles. The second kappa shape index (κ2) is 3.73. The van der Waals surface area contributed by atoms with Gasteiger partial charge in [-0.3, -0.25) is 4.98 Å². The number of nitrogens with two attached hydrogens (primary N) is 1. The number of hydrogen-bond acceptors (Lipinski definition) is 4. The van der Waals surface area contributed by atoms with Crippen LogP contribution in [0.25, 0.3) is 11.3 Å². The Hall–Kier alpha value is -1.84. The molecule has 0 spiro atoms. The summed E-state index contributed by atoms with van der Waals surface area (Å²) < 4.78 is 5.21. The van der Waals surface area contributed by atoms with E-state index in [1.807, 2.05) is 19.9 Å². The Kier molecular flexibility index (Phi) is 2.41. The highest BCUT2D eigenvalue weighted by molar-refractivity contribution is 5.65. The van der Waals surface area contributed by atoms with Crippen LogP contribution in [-0.4, -0.2) is 10.1 Å². The zero-order valence-corrected chi connectivity index (χ0v) is 8.82. The SMILES string of the molecule is CCc1c(N)noc1-c1cncc(C)c1. The molecule has 78 valence electrons. The van der Waals surface area contributed by atoms with E-state index >= 15 is 0 Å². The smallest absolute Gasteiger partial charge is 0.173 e. The molecule has 2 aromatic heterocycles. The highest BCUT2D eigenvalue weighted by atomic mass is 16.5. The van der Waals surface area contributed by atoms with Crippen molar-refractivity contribution in [3.8, 4) is 11.3 Å². The first-order valence-corrected chi connectivity index (χ1v) is 4.88. The third kappa shape index (κ3) is 1.70. The number of nitrogens with zero attached hydrogens (tertiary/aromatic N) is 2. The van der Waals surface area contributed by atoms with Gasteiger partial charge in [0.1, 0.15) is 0 Å². The molecule has 0 unspecified atom stereocenters. The highest BCUT2D eigenvalue weighted by Crippen LogP contribution is 2.27. The van der Waals surface area contributed by atoms with Crippen molar-refractivity contribution in [3.63, 3.8) is 0 Å². The molecule has 0 amide bonds. The van der Waals surface area contributed by atoms with Crippen LogP contribution in [0.5, 0.6) is 0 Å². The zero-order valence-electron chi connectivity index (χ0n) is 8.82. The summed E-state index contributed by atoms with van der Waals surface area (Å²) in [6, 6.07) is 2.01. The topological polar surface area (TPSA) is 64.9 Å². The molecular formula is C11H13N3O. The molecule has 0 aliphatic rings. The molecule has 4 nitrogen and oxygen atoms in total. The summed E-state index contributed by atoms with van der Waals surface area (Å²) in [4.78, 5) is 4.12. The summed E-state index contributed by atoms with van der Waals surface area (Å²) in [5.74, 6) is 1.19. The Bertz CT molecular complexity index is 476. The normalized spacial score (nSPS) is 10.5. The first kappa shape index (κ1) is 9.71. The molecule has 0 aromatic carbocycles. The van der Waals surface area contributed by atoms with Gasteiger partial charge in [-0.2, -0.15) is 0 Å². The molecule has 0 saturated heterocycles. The van der Waals surface area contributed by atoms with Gasteiger partial charge in [-0.15, -0.1) is 0 Å². The molecule has 0 radical (unpaired) electrons. The van der Waals surface area contributed by atoms with E-state index < -0.39 is 0 Å². The fourth-order valence-electron chi connectivity index (χ4n) is 1.57. The largest absolute Gasteiger partial charge is 0.381 e. The van der Waals surface area contributed by atoms with Crippen molar-refractivity contribution in [2.75, 3.05) is 5.73 Å². The number of pyridine rings is 1. The maximum atomic E-state index is 5.70. The van der Waals surface area contributed by atoms with Gasteiger partial charge in [0, 0.05) is 23.5 Å². The Morgan fingerprint density at radius 2 is 2.20 bits per heavy atom. The summed E-state index contributed by atoms with van der Waals surface area (Å²) in [6.07, 6.45) is 4.36. The van der Waals surface area contributed by atoms with Crippen molar-refractivity contribution in [2.45, 2.75) is 20.3 Å². The van der Waals surface area contributed by atoms with Gasteiger partial charge in [0.25, 0.3) is 0 Å². The van der Waals surface area contributed by atoms with Crippen LogP contribution in [0, 0.1) is 6.92 Å². The van der Waals surface area contributed by atoms with Gasteiger partial charge >= 0.3 is 0 Å². The van der Waals surface area contributed by atoms with Gasteiger partial charge in [-0.25, -0.2) is 0 Å². The highest BCUT2D eigenvalue weighted by Gasteiger charge is 2.13. The molecule has 0 saturated carbocycles. The molecular weight excluding hydrogens is 190 g/mol. The quantitative estimate of drug-likeness (QED) is 0.812. The summed E-state index contributed by atoms with van der Waals surface area (Å²) in [5.41, 5.74) is 8.66. The maximum absolute atomic E-state index is 5.70. The molecule has 15 heavy (non-hydrogen) atoms. The summed E-state index contributed by atoms with van der Waals surface area (Å²) in [5, 5.41) is 3.77. The van der Waals surface area contributed by atoms with E-state index in [1.165, 1.54) is 0 Å². The molecule has 0 aliphatic heterocycles. The van der Waals surface area contributed by atoms with Crippen molar-refractivity contribution >= 4 is 5.82 Å². The fraction of sp³-hybridized carbons (Fsp3) is 0.273. The molecule has 2 N–H and O–H groups in total. The summed E-state index contributed by atoms with van der Waals surface area (Å²) in [6.45, 7) is 4.01. The minimum atomic E-state index is 0.467. The van der Waals surface area contributed by atoms with Gasteiger partial charge < -0.3 is 10.3 Å². The number of anilines is 1. The van der Waals surface area contributed by atoms with E-state index in [2.05, 4.69) is 10.1 Å². The molecule has 0 fully saturated rings. The lowest BCUT2D eigenvalue weighted by Crippen LogP contribution is -1.91. The van der Waals surface area contributed by atoms with Gasteiger partial charge in [-0.05, 0) is 25.0 Å². The van der Waals surface area contributed by atoms with Crippen molar-refractivity contribution in [3.05, 3.63) is 29.6 Å². The Labute approximate surface area is 88.1 Å². The van der Waals surface area contributed by atoms with Crippen LogP contribution in [0.2, 0.25) is 0 Å². The third-order valence-electron chi connectivity index (χ3n) is 2.31. The number of aromatic nitrogens is 2. The van der Waals surface area contributed by atoms with Gasteiger partial charge in [0.15, 0.2) is 11.6 Å². The average molecular weight is 203 g/mol. The van der Waals surface area contributed by atoms with Crippen LogP contribution in [0.4, 0.5) is 5.82 Å². The predicted molar refractivity (Wildman–Crippen MR) is 58.3 cm³/mol. The van der Waals surface area contributed by atoms with Crippen molar-refractivity contribution < 1.29 is 4.52 Å². The van der Waals surface area contributed by atoms with E-state index in [-0.39, 0.29) is 0 Å². The first-order chi connectivity index (χ1) is 7.22. The number of aryl methyl sites for hydroxylation is 1. The minimum Gasteiger partial charge on any atom is -0.381 e. The van der Waals surface area contributed by atoms with E-state index in [0.29, 0.717) is 5.82 Å². The number of rotatable bonds is 2. The monoisotopic (exact) mass is 203 g/mol. The van der Waals surface area contributed by atoms with Gasteiger partial charge in [0.05, 0.1) is 0 Å². The van der Waals surface area contributed by atoms with Crippen LogP contribution in [-0.2, 0) is 6.42 Å². The zero-order chi connectivity index (χ0) is 10.8. The minimum absolute atomic E-state index is 0.467. The maximum Gasteiger partial charge on any atom is 0.173 e. The van der Waals surface area contributed by atoms with E-state index in [9.17, 15) is 0 Å². The van der Waals surface area contributed by atoms with Gasteiger partial charge in [0.2, 0.25) is 0 Å². The third-order valence-corrected chi connectivity index (χ3v) is 2.31. The lowest BCUT2D eigenvalue weighted by atomic mass is 10.1. The molecule has 4 heteroatoms. The lowest BCUT2D eigenvalue weighted by Gasteiger charge is -1.99. The molecule has 0 bridgehead atoms. The molecule has 2 rings (SSSR count). The Morgan fingerprint density at radius 1 is 1.40 bits per heavy atom. The van der Waals surface area contributed by atoms with Crippen LogP contribution in [0.15, 0.2) is 23.0 Å². The Morgan fingerprint density at radius 3 is 2.87 bits per heavy atom. The number of hydrogen-bond donors (Lipinski definition) is 1. The second-order valence-corrected chi connectivity index (χ2v) is 3.48. The van der Waals surface area contributed by atoms with Crippen molar-refractivity contribution in [1.29, 1.82) is 0 Å². The van der Waals surface area contributed by atoms with Crippen LogP contribution >= 0.6 is 0 Å².